The Morgan fingerprint density at radius 3 is 2.43 bits per heavy atom. The van der Waals surface area contributed by atoms with Crippen LogP contribution in [0.5, 0.6) is 5.75 Å². The lowest BCUT2D eigenvalue weighted by Crippen LogP contribution is -2.15. The fourth-order valence-electron chi connectivity index (χ4n) is 1.70. The van der Waals surface area contributed by atoms with E-state index in [2.05, 4.69) is 15.9 Å². The predicted molar refractivity (Wildman–Crippen MR) is 84.4 cm³/mol. The van der Waals surface area contributed by atoms with Gasteiger partial charge in [0.25, 0.3) is 0 Å². The van der Waals surface area contributed by atoms with Crippen LogP contribution >= 0.6 is 15.9 Å². The van der Waals surface area contributed by atoms with E-state index in [0.29, 0.717) is 15.6 Å². The molecule has 0 unspecified atom stereocenters. The van der Waals surface area contributed by atoms with Crippen molar-refractivity contribution in [1.29, 1.82) is 0 Å². The Labute approximate surface area is 140 Å². The summed E-state index contributed by atoms with van der Waals surface area (Å²) in [5.74, 6) is -1.77. The van der Waals surface area contributed by atoms with Gasteiger partial charge in [0, 0.05) is 10.0 Å². The van der Waals surface area contributed by atoms with Crippen LogP contribution in [-0.2, 0) is 16.1 Å². The van der Waals surface area contributed by atoms with E-state index in [1.807, 2.05) is 0 Å². The smallest absolute Gasteiger partial charge is 0.344 e. The molecule has 2 aromatic carbocycles. The Hall–Kier alpha value is -2.41. The first kappa shape index (κ1) is 17.0. The number of halogens is 2. The highest BCUT2D eigenvalue weighted by molar-refractivity contribution is 9.10. The number of carbonyl (C=O) groups is 2. The van der Waals surface area contributed by atoms with Gasteiger partial charge in [-0.1, -0.05) is 28.1 Å². The topological polar surface area (TPSA) is 78.6 Å². The van der Waals surface area contributed by atoms with E-state index < -0.39 is 24.3 Å². The average Bonchev–Trinajstić information content (AvgIpc) is 2.52. The first-order chi connectivity index (χ1) is 11.0. The molecule has 0 fully saturated rings. The number of esters is 1. The molecule has 0 saturated carbocycles. The SMILES string of the molecule is NC(=O)c1ccc(COC(=O)COc2ccc(Br)cc2F)cc1. The second-order valence-electron chi connectivity index (χ2n) is 4.59. The van der Waals surface area contributed by atoms with Crippen molar-refractivity contribution in [3.63, 3.8) is 0 Å². The first-order valence-corrected chi connectivity index (χ1v) is 7.37. The fraction of sp³-hybridized carbons (Fsp3) is 0.125. The number of carbonyl (C=O) groups excluding carboxylic acids is 2. The number of amides is 1. The second-order valence-corrected chi connectivity index (χ2v) is 5.50. The summed E-state index contributed by atoms with van der Waals surface area (Å²) in [4.78, 5) is 22.5. The lowest BCUT2D eigenvalue weighted by atomic mass is 10.1. The quantitative estimate of drug-likeness (QED) is 0.780. The van der Waals surface area contributed by atoms with Crippen molar-refractivity contribution in [2.45, 2.75) is 6.61 Å². The molecule has 0 spiro atoms. The molecule has 0 heterocycles. The van der Waals surface area contributed by atoms with Crippen LogP contribution in [0.1, 0.15) is 15.9 Å². The van der Waals surface area contributed by atoms with Crippen molar-refractivity contribution in [3.8, 4) is 5.75 Å². The summed E-state index contributed by atoms with van der Waals surface area (Å²) in [7, 11) is 0. The van der Waals surface area contributed by atoms with Gasteiger partial charge < -0.3 is 15.2 Å². The molecule has 0 bridgehead atoms. The first-order valence-electron chi connectivity index (χ1n) is 6.58. The van der Waals surface area contributed by atoms with Gasteiger partial charge in [-0.25, -0.2) is 9.18 Å². The van der Waals surface area contributed by atoms with Crippen molar-refractivity contribution < 1.29 is 23.5 Å². The van der Waals surface area contributed by atoms with E-state index in [1.165, 1.54) is 12.1 Å². The van der Waals surface area contributed by atoms with Crippen LogP contribution in [0, 0.1) is 5.82 Å². The van der Waals surface area contributed by atoms with Gasteiger partial charge in [0.05, 0.1) is 0 Å². The Balaban J connectivity index is 1.82. The van der Waals surface area contributed by atoms with Crippen LogP contribution in [0.15, 0.2) is 46.9 Å². The molecule has 0 atom stereocenters. The summed E-state index contributed by atoms with van der Waals surface area (Å²) in [5.41, 5.74) is 6.19. The maximum absolute atomic E-state index is 13.5. The van der Waals surface area contributed by atoms with Crippen LogP contribution in [-0.4, -0.2) is 18.5 Å². The summed E-state index contributed by atoms with van der Waals surface area (Å²) in [6.45, 7) is -0.387. The molecule has 0 aliphatic rings. The lowest BCUT2D eigenvalue weighted by molar-refractivity contribution is -0.147. The van der Waals surface area contributed by atoms with Crippen molar-refractivity contribution in [2.75, 3.05) is 6.61 Å². The van der Waals surface area contributed by atoms with Crippen molar-refractivity contribution in [2.24, 2.45) is 5.73 Å². The molecule has 23 heavy (non-hydrogen) atoms. The van der Waals surface area contributed by atoms with Gasteiger partial charge >= 0.3 is 5.97 Å². The lowest BCUT2D eigenvalue weighted by Gasteiger charge is -2.08. The molecule has 5 nitrogen and oxygen atoms in total. The minimum Gasteiger partial charge on any atom is -0.479 e. The zero-order chi connectivity index (χ0) is 16.8. The number of ether oxygens (including phenoxy) is 2. The maximum Gasteiger partial charge on any atom is 0.344 e. The predicted octanol–water partition coefficient (Wildman–Crippen LogP) is 2.81. The molecular weight excluding hydrogens is 369 g/mol. The van der Waals surface area contributed by atoms with Crippen LogP contribution in [0.2, 0.25) is 0 Å². The molecule has 0 radical (unpaired) electrons. The molecular formula is C16H13BrFNO4. The van der Waals surface area contributed by atoms with Gasteiger partial charge in [-0.2, -0.15) is 0 Å². The number of nitrogens with two attached hydrogens (primary N) is 1. The molecule has 2 aromatic rings. The normalized spacial score (nSPS) is 10.2. The Bertz CT molecular complexity index is 719. The summed E-state index contributed by atoms with van der Waals surface area (Å²) >= 11 is 3.12. The van der Waals surface area contributed by atoms with Crippen molar-refractivity contribution in [3.05, 3.63) is 63.9 Å². The monoisotopic (exact) mass is 381 g/mol. The van der Waals surface area contributed by atoms with Crippen LogP contribution in [0.4, 0.5) is 4.39 Å². The number of primary amides is 1. The standard InChI is InChI=1S/C16H13BrFNO4/c17-12-5-6-14(13(18)7-12)22-9-15(20)23-8-10-1-3-11(4-2-10)16(19)21/h1-7H,8-9H2,(H2,19,21). The number of hydrogen-bond donors (Lipinski definition) is 1. The highest BCUT2D eigenvalue weighted by Crippen LogP contribution is 2.21. The van der Waals surface area contributed by atoms with Gasteiger partial charge in [0.2, 0.25) is 5.91 Å². The zero-order valence-electron chi connectivity index (χ0n) is 11.9. The van der Waals surface area contributed by atoms with E-state index in [-0.39, 0.29) is 12.4 Å². The summed E-state index contributed by atoms with van der Waals surface area (Å²) in [6.07, 6.45) is 0. The number of hydrogen-bond acceptors (Lipinski definition) is 4. The van der Waals surface area contributed by atoms with Crippen molar-refractivity contribution >= 4 is 27.8 Å². The van der Waals surface area contributed by atoms with Gasteiger partial charge in [0.1, 0.15) is 6.61 Å². The number of benzene rings is 2. The Morgan fingerprint density at radius 2 is 1.83 bits per heavy atom. The van der Waals surface area contributed by atoms with Gasteiger partial charge in [-0.3, -0.25) is 4.79 Å². The Morgan fingerprint density at radius 1 is 1.13 bits per heavy atom. The summed E-state index contributed by atoms with van der Waals surface area (Å²) < 4.78 is 24.1. The van der Waals surface area contributed by atoms with Gasteiger partial charge in [0.15, 0.2) is 18.2 Å². The third kappa shape index (κ3) is 5.07. The molecule has 7 heteroatoms. The molecule has 2 rings (SSSR count). The average molecular weight is 382 g/mol. The van der Waals surface area contributed by atoms with Gasteiger partial charge in [-0.15, -0.1) is 0 Å². The highest BCUT2D eigenvalue weighted by Gasteiger charge is 2.09. The number of rotatable bonds is 6. The van der Waals surface area contributed by atoms with E-state index in [1.54, 1.807) is 30.3 Å². The zero-order valence-corrected chi connectivity index (χ0v) is 13.5. The van der Waals surface area contributed by atoms with E-state index in [9.17, 15) is 14.0 Å². The summed E-state index contributed by atoms with van der Waals surface area (Å²) in [6, 6.07) is 10.6. The maximum atomic E-state index is 13.5. The van der Waals surface area contributed by atoms with E-state index in [4.69, 9.17) is 15.2 Å². The third-order valence-electron chi connectivity index (χ3n) is 2.88. The second kappa shape index (κ2) is 7.73. The molecule has 0 aromatic heterocycles. The molecule has 0 aliphatic heterocycles. The summed E-state index contributed by atoms with van der Waals surface area (Å²) in [5, 5.41) is 0. The van der Waals surface area contributed by atoms with Crippen LogP contribution in [0.25, 0.3) is 0 Å². The molecule has 0 saturated heterocycles. The third-order valence-corrected chi connectivity index (χ3v) is 3.37. The highest BCUT2D eigenvalue weighted by atomic mass is 79.9. The molecule has 2 N–H and O–H groups in total. The van der Waals surface area contributed by atoms with Crippen molar-refractivity contribution in [1.82, 2.24) is 0 Å². The molecule has 1 amide bonds. The van der Waals surface area contributed by atoms with Crippen LogP contribution < -0.4 is 10.5 Å². The van der Waals surface area contributed by atoms with Crippen LogP contribution in [0.3, 0.4) is 0 Å². The van der Waals surface area contributed by atoms with E-state index >= 15 is 0 Å². The fourth-order valence-corrected chi connectivity index (χ4v) is 2.03. The van der Waals surface area contributed by atoms with E-state index in [0.717, 1.165) is 0 Å². The Kier molecular flexibility index (Phi) is 5.70. The molecule has 0 aliphatic carbocycles. The minimum atomic E-state index is -0.633. The largest absolute Gasteiger partial charge is 0.479 e. The molecule has 120 valence electrons. The van der Waals surface area contributed by atoms with Gasteiger partial charge in [-0.05, 0) is 35.9 Å². The minimum absolute atomic E-state index is 0.0179.